The van der Waals surface area contributed by atoms with Crippen molar-refractivity contribution in [3.63, 3.8) is 0 Å². The van der Waals surface area contributed by atoms with Gasteiger partial charge in [-0.1, -0.05) is 64.5 Å². The molecular formula is C31H37BrN2O4. The number of rotatable bonds is 14. The summed E-state index contributed by atoms with van der Waals surface area (Å²) in [6.07, 6.45) is 1.23. The van der Waals surface area contributed by atoms with Crippen LogP contribution in [-0.2, 0) is 29.0 Å². The van der Waals surface area contributed by atoms with E-state index in [9.17, 15) is 9.59 Å². The zero-order chi connectivity index (χ0) is 27.3. The number of hydrogen-bond acceptors (Lipinski definition) is 4. The summed E-state index contributed by atoms with van der Waals surface area (Å²) >= 11 is 3.48. The lowest BCUT2D eigenvalue weighted by Gasteiger charge is -2.31. The molecule has 0 saturated heterocycles. The minimum atomic E-state index is -0.632. The van der Waals surface area contributed by atoms with E-state index in [1.54, 1.807) is 4.90 Å². The Balaban J connectivity index is 1.87. The summed E-state index contributed by atoms with van der Waals surface area (Å²) in [5.41, 5.74) is 2.94. The van der Waals surface area contributed by atoms with Gasteiger partial charge in [0.1, 0.15) is 6.04 Å². The van der Waals surface area contributed by atoms with Crippen LogP contribution in [0.15, 0.2) is 77.3 Å². The van der Waals surface area contributed by atoms with Crippen molar-refractivity contribution in [2.75, 3.05) is 19.8 Å². The molecule has 202 valence electrons. The highest BCUT2D eigenvalue weighted by Gasteiger charge is 2.30. The van der Waals surface area contributed by atoms with Gasteiger partial charge in [0, 0.05) is 30.4 Å². The number of halogens is 1. The maximum Gasteiger partial charge on any atom is 0.243 e. The lowest BCUT2D eigenvalue weighted by molar-refractivity contribution is -0.141. The molecule has 0 saturated carbocycles. The van der Waals surface area contributed by atoms with E-state index in [-0.39, 0.29) is 18.2 Å². The van der Waals surface area contributed by atoms with Crippen LogP contribution in [0.4, 0.5) is 0 Å². The van der Waals surface area contributed by atoms with E-state index in [1.165, 1.54) is 0 Å². The van der Waals surface area contributed by atoms with Gasteiger partial charge < -0.3 is 19.7 Å². The van der Waals surface area contributed by atoms with Crippen molar-refractivity contribution < 1.29 is 19.1 Å². The number of carbonyl (C=O) groups is 2. The van der Waals surface area contributed by atoms with Crippen LogP contribution in [0.3, 0.4) is 0 Å². The fourth-order valence-corrected chi connectivity index (χ4v) is 4.54. The number of benzene rings is 3. The zero-order valence-corrected chi connectivity index (χ0v) is 24.0. The molecular weight excluding hydrogens is 544 g/mol. The van der Waals surface area contributed by atoms with Crippen molar-refractivity contribution in [1.29, 1.82) is 0 Å². The van der Waals surface area contributed by atoms with Gasteiger partial charge >= 0.3 is 0 Å². The first-order chi connectivity index (χ1) is 18.4. The van der Waals surface area contributed by atoms with Crippen molar-refractivity contribution in [3.05, 3.63) is 94.0 Å². The Bertz CT molecular complexity index is 1170. The average molecular weight is 582 g/mol. The molecule has 6 nitrogen and oxygen atoms in total. The fourth-order valence-electron chi connectivity index (χ4n) is 4.28. The van der Waals surface area contributed by atoms with Crippen LogP contribution in [0.5, 0.6) is 11.5 Å². The van der Waals surface area contributed by atoms with Crippen molar-refractivity contribution in [2.45, 2.75) is 52.6 Å². The van der Waals surface area contributed by atoms with Crippen molar-refractivity contribution in [1.82, 2.24) is 10.2 Å². The topological polar surface area (TPSA) is 67.9 Å². The first-order valence-corrected chi connectivity index (χ1v) is 14.0. The fraction of sp³-hybridized carbons (Fsp3) is 0.355. The molecule has 0 radical (unpaired) electrons. The standard InChI is InChI=1S/C31H37BrN2O4/c1-4-33-31(36)27(20-23-10-8-7-9-11-23)34(22-25-12-16-26(32)17-13-25)30(35)19-15-24-14-18-28(37-5-2)29(21-24)38-6-3/h7-14,16-18,21,27H,4-6,15,19-20,22H2,1-3H3,(H,33,36)/t27-/m0/s1. The Hall–Kier alpha value is -3.32. The van der Waals surface area contributed by atoms with Gasteiger partial charge in [-0.2, -0.15) is 0 Å². The molecule has 3 aromatic rings. The number of hydrogen-bond donors (Lipinski definition) is 1. The summed E-state index contributed by atoms with van der Waals surface area (Å²) < 4.78 is 12.4. The van der Waals surface area contributed by atoms with E-state index in [0.29, 0.717) is 50.6 Å². The van der Waals surface area contributed by atoms with Gasteiger partial charge in [0.25, 0.3) is 0 Å². The Kier molecular flexibility index (Phi) is 11.7. The van der Waals surface area contributed by atoms with Crippen molar-refractivity contribution >= 4 is 27.7 Å². The van der Waals surface area contributed by atoms with Crippen LogP contribution in [0, 0.1) is 0 Å². The lowest BCUT2D eigenvalue weighted by Crippen LogP contribution is -2.50. The Morgan fingerprint density at radius 2 is 1.50 bits per heavy atom. The molecule has 0 aliphatic rings. The number of nitrogens with zero attached hydrogens (tertiary/aromatic N) is 1. The summed E-state index contributed by atoms with van der Waals surface area (Å²) in [7, 11) is 0. The zero-order valence-electron chi connectivity index (χ0n) is 22.4. The Morgan fingerprint density at radius 3 is 2.16 bits per heavy atom. The normalized spacial score (nSPS) is 11.5. The number of ether oxygens (including phenoxy) is 2. The van der Waals surface area contributed by atoms with E-state index in [2.05, 4.69) is 21.2 Å². The number of aryl methyl sites for hydroxylation is 1. The summed E-state index contributed by atoms with van der Waals surface area (Å²) in [4.78, 5) is 28.8. The molecule has 0 unspecified atom stereocenters. The van der Waals surface area contributed by atoms with Crippen LogP contribution in [0.25, 0.3) is 0 Å². The third kappa shape index (κ3) is 8.62. The first-order valence-electron chi connectivity index (χ1n) is 13.2. The monoisotopic (exact) mass is 580 g/mol. The highest BCUT2D eigenvalue weighted by molar-refractivity contribution is 9.10. The molecule has 0 bridgehead atoms. The van der Waals surface area contributed by atoms with Gasteiger partial charge in [-0.05, 0) is 68.1 Å². The van der Waals surface area contributed by atoms with Crippen LogP contribution < -0.4 is 14.8 Å². The molecule has 38 heavy (non-hydrogen) atoms. The largest absolute Gasteiger partial charge is 0.490 e. The molecule has 7 heteroatoms. The molecule has 0 heterocycles. The first kappa shape index (κ1) is 29.2. The SMILES string of the molecule is CCNC(=O)[C@H](Cc1ccccc1)N(Cc1ccc(Br)cc1)C(=O)CCc1ccc(OCC)c(OCC)c1. The molecule has 1 N–H and O–H groups in total. The van der Waals surface area contributed by atoms with Crippen molar-refractivity contribution in [2.24, 2.45) is 0 Å². The second kappa shape index (κ2) is 15.2. The van der Waals surface area contributed by atoms with Crippen LogP contribution >= 0.6 is 15.9 Å². The molecule has 2 amide bonds. The predicted octanol–water partition coefficient (Wildman–Crippen LogP) is 5.96. The lowest BCUT2D eigenvalue weighted by atomic mass is 10.0. The molecule has 1 atom stereocenters. The van der Waals surface area contributed by atoms with E-state index in [1.807, 2.05) is 93.6 Å². The summed E-state index contributed by atoms with van der Waals surface area (Å²) in [6.45, 7) is 7.66. The third-order valence-corrected chi connectivity index (χ3v) is 6.65. The smallest absolute Gasteiger partial charge is 0.243 e. The van der Waals surface area contributed by atoms with E-state index < -0.39 is 6.04 Å². The summed E-state index contributed by atoms with van der Waals surface area (Å²) in [6, 6.07) is 22.8. The van der Waals surface area contributed by atoms with Crippen LogP contribution in [-0.4, -0.2) is 42.5 Å². The second-order valence-electron chi connectivity index (χ2n) is 8.90. The van der Waals surface area contributed by atoms with Crippen LogP contribution in [0.2, 0.25) is 0 Å². The number of likely N-dealkylation sites (N-methyl/N-ethyl adjacent to an activating group) is 1. The van der Waals surface area contributed by atoms with E-state index >= 15 is 0 Å². The maximum atomic E-state index is 13.8. The summed E-state index contributed by atoms with van der Waals surface area (Å²) in [5.74, 6) is 1.14. The van der Waals surface area contributed by atoms with Gasteiger partial charge in [0.05, 0.1) is 13.2 Å². The molecule has 0 aromatic heterocycles. The minimum absolute atomic E-state index is 0.0769. The van der Waals surface area contributed by atoms with Crippen LogP contribution in [0.1, 0.15) is 43.9 Å². The molecule has 0 spiro atoms. The highest BCUT2D eigenvalue weighted by Crippen LogP contribution is 2.29. The molecule has 0 fully saturated rings. The Labute approximate surface area is 234 Å². The van der Waals surface area contributed by atoms with E-state index in [0.717, 1.165) is 21.2 Å². The Morgan fingerprint density at radius 1 is 0.842 bits per heavy atom. The minimum Gasteiger partial charge on any atom is -0.490 e. The number of carbonyl (C=O) groups excluding carboxylic acids is 2. The number of amides is 2. The quantitative estimate of drug-likeness (QED) is 0.255. The van der Waals surface area contributed by atoms with Gasteiger partial charge in [-0.3, -0.25) is 9.59 Å². The average Bonchev–Trinajstić information content (AvgIpc) is 2.92. The van der Waals surface area contributed by atoms with Gasteiger partial charge in [-0.25, -0.2) is 0 Å². The van der Waals surface area contributed by atoms with Gasteiger partial charge in [0.2, 0.25) is 11.8 Å². The molecule has 0 aliphatic carbocycles. The third-order valence-electron chi connectivity index (χ3n) is 6.12. The van der Waals surface area contributed by atoms with Gasteiger partial charge in [0.15, 0.2) is 11.5 Å². The highest BCUT2D eigenvalue weighted by atomic mass is 79.9. The molecule has 3 aromatic carbocycles. The van der Waals surface area contributed by atoms with Crippen molar-refractivity contribution in [3.8, 4) is 11.5 Å². The number of nitrogens with one attached hydrogen (secondary N) is 1. The second-order valence-corrected chi connectivity index (χ2v) is 9.81. The molecule has 3 rings (SSSR count). The van der Waals surface area contributed by atoms with Gasteiger partial charge in [-0.15, -0.1) is 0 Å². The maximum absolute atomic E-state index is 13.8. The van der Waals surface area contributed by atoms with E-state index in [4.69, 9.17) is 9.47 Å². The molecule has 0 aliphatic heterocycles. The summed E-state index contributed by atoms with van der Waals surface area (Å²) in [5, 5.41) is 2.94. The predicted molar refractivity (Wildman–Crippen MR) is 154 cm³/mol.